The molecule has 1 aliphatic heterocycles. The minimum absolute atomic E-state index is 0.0327. The van der Waals surface area contributed by atoms with Crippen molar-refractivity contribution in [2.45, 2.75) is 66.2 Å². The third kappa shape index (κ3) is 6.51. The number of rotatable bonds is 8. The number of carbonyl (C=O) groups is 1. The molecule has 0 spiro atoms. The van der Waals surface area contributed by atoms with Crippen molar-refractivity contribution in [3.05, 3.63) is 0 Å². The van der Waals surface area contributed by atoms with E-state index in [1.807, 2.05) is 13.8 Å². The van der Waals surface area contributed by atoms with Gasteiger partial charge in [-0.15, -0.1) is 0 Å². The van der Waals surface area contributed by atoms with Gasteiger partial charge >= 0.3 is 0 Å². The Labute approximate surface area is 129 Å². The third-order valence-electron chi connectivity index (χ3n) is 4.08. The lowest BCUT2D eigenvalue weighted by atomic mass is 9.94. The van der Waals surface area contributed by atoms with E-state index in [2.05, 4.69) is 17.1 Å². The molecule has 2 atom stereocenters. The zero-order valence-corrected chi connectivity index (χ0v) is 14.0. The zero-order valence-electron chi connectivity index (χ0n) is 14.0. The number of Topliss-reactive ketones (excluding diaryl/α,β-unsaturated/α-hetero) is 1. The van der Waals surface area contributed by atoms with Crippen LogP contribution in [0.3, 0.4) is 0 Å². The van der Waals surface area contributed by atoms with Crippen LogP contribution >= 0.6 is 0 Å². The fourth-order valence-electron chi connectivity index (χ4n) is 2.52. The fraction of sp³-hybridized carbons (Fsp3) is 0.824. The van der Waals surface area contributed by atoms with Gasteiger partial charge in [-0.3, -0.25) is 4.79 Å². The van der Waals surface area contributed by atoms with Crippen molar-refractivity contribution < 1.29 is 9.53 Å². The maximum absolute atomic E-state index is 12.0. The average Bonchev–Trinajstić information content (AvgIpc) is 2.52. The summed E-state index contributed by atoms with van der Waals surface area (Å²) in [5.74, 6) is 0.702. The number of ether oxygens (including phenoxy) is 1. The predicted octanol–water partition coefficient (Wildman–Crippen LogP) is 4.04. The van der Waals surface area contributed by atoms with E-state index in [1.54, 1.807) is 6.92 Å². The van der Waals surface area contributed by atoms with Crippen molar-refractivity contribution in [2.24, 2.45) is 22.0 Å². The quantitative estimate of drug-likeness (QED) is 0.501. The lowest BCUT2D eigenvalue weighted by Gasteiger charge is -2.22. The molecule has 0 amide bonds. The van der Waals surface area contributed by atoms with Crippen molar-refractivity contribution in [3.63, 3.8) is 0 Å². The lowest BCUT2D eigenvalue weighted by molar-refractivity contribution is -0.116. The van der Waals surface area contributed by atoms with Crippen molar-refractivity contribution in [1.82, 2.24) is 0 Å². The van der Waals surface area contributed by atoms with E-state index in [-0.39, 0.29) is 11.7 Å². The largest absolute Gasteiger partial charge is 0.381 e. The molecule has 2 unspecified atom stereocenters. The predicted molar refractivity (Wildman–Crippen MR) is 88.1 cm³/mol. The normalized spacial score (nSPS) is 22.2. The molecule has 0 radical (unpaired) electrons. The molecule has 0 aromatic rings. The van der Waals surface area contributed by atoms with Gasteiger partial charge in [0.15, 0.2) is 5.78 Å². The molecule has 0 N–H and O–H groups in total. The second kappa shape index (κ2) is 9.82. The maximum Gasteiger partial charge on any atom is 0.181 e. The highest BCUT2D eigenvalue weighted by Crippen LogP contribution is 2.19. The van der Waals surface area contributed by atoms with Crippen LogP contribution in [0.2, 0.25) is 0 Å². The second-order valence-electron chi connectivity index (χ2n) is 6.06. The first-order chi connectivity index (χ1) is 10.1. The monoisotopic (exact) mass is 294 g/mol. The van der Waals surface area contributed by atoms with E-state index >= 15 is 0 Å². The Morgan fingerprint density at radius 2 is 2.10 bits per heavy atom. The first-order valence-electron chi connectivity index (χ1n) is 8.30. The van der Waals surface area contributed by atoms with Crippen molar-refractivity contribution in [3.8, 4) is 0 Å². The molecule has 21 heavy (non-hydrogen) atoms. The van der Waals surface area contributed by atoms with Gasteiger partial charge in [-0.05, 0) is 44.9 Å². The molecule has 0 bridgehead atoms. The smallest absolute Gasteiger partial charge is 0.181 e. The van der Waals surface area contributed by atoms with Gasteiger partial charge in [0.1, 0.15) is 5.71 Å². The topological polar surface area (TPSA) is 51.0 Å². The number of hydrogen-bond acceptors (Lipinski definition) is 4. The summed E-state index contributed by atoms with van der Waals surface area (Å²) >= 11 is 0. The molecule has 4 nitrogen and oxygen atoms in total. The number of nitrogens with zero attached hydrogens (tertiary/aromatic N) is 2. The highest BCUT2D eigenvalue weighted by molar-refractivity contribution is 6.39. The number of hydrogen-bond donors (Lipinski definition) is 0. The standard InChI is InChI=1S/C17H30N2O2/c1-5-8-16(11-15-9-7-10-21-12-15)19-18-14(4)17(20)13(3)6-2/h13,15H,5-12H2,1-4H3/b18-14+,19-16+. The first kappa shape index (κ1) is 18.0. The molecule has 1 rings (SSSR count). The SMILES string of the molecule is CCC/C(CC1CCCOC1)=N\N=C(/C)C(=O)C(C)CC. The lowest BCUT2D eigenvalue weighted by Crippen LogP contribution is -2.21. The minimum Gasteiger partial charge on any atom is -0.381 e. The summed E-state index contributed by atoms with van der Waals surface area (Å²) < 4.78 is 5.53. The highest BCUT2D eigenvalue weighted by Gasteiger charge is 2.17. The van der Waals surface area contributed by atoms with Crippen molar-refractivity contribution in [1.29, 1.82) is 0 Å². The summed E-state index contributed by atoms with van der Waals surface area (Å²) in [6.07, 6.45) is 6.14. The molecule has 1 saturated heterocycles. The molecular weight excluding hydrogens is 264 g/mol. The molecule has 1 fully saturated rings. The Morgan fingerprint density at radius 3 is 2.67 bits per heavy atom. The van der Waals surface area contributed by atoms with Gasteiger partial charge in [0, 0.05) is 24.8 Å². The van der Waals surface area contributed by atoms with Gasteiger partial charge in [0.25, 0.3) is 0 Å². The maximum atomic E-state index is 12.0. The van der Waals surface area contributed by atoms with Gasteiger partial charge in [0.05, 0.1) is 0 Å². The molecule has 1 heterocycles. The van der Waals surface area contributed by atoms with Crippen LogP contribution < -0.4 is 0 Å². The van der Waals surface area contributed by atoms with Crippen LogP contribution in [0.5, 0.6) is 0 Å². The van der Waals surface area contributed by atoms with Crippen LogP contribution in [0.25, 0.3) is 0 Å². The van der Waals surface area contributed by atoms with Crippen LogP contribution in [0.1, 0.15) is 66.2 Å². The van der Waals surface area contributed by atoms with E-state index in [9.17, 15) is 4.79 Å². The number of ketones is 1. The van der Waals surface area contributed by atoms with Crippen LogP contribution in [-0.4, -0.2) is 30.4 Å². The summed E-state index contributed by atoms with van der Waals surface area (Å²) in [5.41, 5.74) is 1.63. The highest BCUT2D eigenvalue weighted by atomic mass is 16.5. The minimum atomic E-state index is 0.0327. The average molecular weight is 294 g/mol. The van der Waals surface area contributed by atoms with Crippen molar-refractivity contribution in [2.75, 3.05) is 13.2 Å². The van der Waals surface area contributed by atoms with Crippen molar-refractivity contribution >= 4 is 17.2 Å². The van der Waals surface area contributed by atoms with Crippen LogP contribution in [0, 0.1) is 11.8 Å². The first-order valence-corrected chi connectivity index (χ1v) is 8.30. The van der Waals surface area contributed by atoms with E-state index in [0.29, 0.717) is 11.6 Å². The second-order valence-corrected chi connectivity index (χ2v) is 6.06. The summed E-state index contributed by atoms with van der Waals surface area (Å²) in [7, 11) is 0. The van der Waals surface area contributed by atoms with E-state index in [1.165, 1.54) is 6.42 Å². The Balaban J connectivity index is 2.67. The van der Waals surface area contributed by atoms with E-state index in [0.717, 1.165) is 51.0 Å². The van der Waals surface area contributed by atoms with Gasteiger partial charge in [0.2, 0.25) is 0 Å². The summed E-state index contributed by atoms with van der Waals surface area (Å²) in [4.78, 5) is 12.0. The number of carbonyl (C=O) groups excluding carboxylic acids is 1. The van der Waals surface area contributed by atoms with Gasteiger partial charge in [-0.25, -0.2) is 0 Å². The van der Waals surface area contributed by atoms with Gasteiger partial charge < -0.3 is 4.74 Å². The van der Waals surface area contributed by atoms with Crippen LogP contribution in [0.4, 0.5) is 0 Å². The molecule has 120 valence electrons. The van der Waals surface area contributed by atoms with E-state index < -0.39 is 0 Å². The molecule has 4 heteroatoms. The van der Waals surface area contributed by atoms with Gasteiger partial charge in [-0.2, -0.15) is 10.2 Å². The molecule has 1 aliphatic rings. The van der Waals surface area contributed by atoms with Crippen LogP contribution in [-0.2, 0) is 9.53 Å². The van der Waals surface area contributed by atoms with Crippen LogP contribution in [0.15, 0.2) is 10.2 Å². The molecule has 0 aromatic carbocycles. The summed E-state index contributed by atoms with van der Waals surface area (Å²) in [6, 6.07) is 0. The van der Waals surface area contributed by atoms with E-state index in [4.69, 9.17) is 4.74 Å². The fourth-order valence-corrected chi connectivity index (χ4v) is 2.52. The Kier molecular flexibility index (Phi) is 8.43. The molecule has 0 saturated carbocycles. The Hall–Kier alpha value is -1.03. The third-order valence-corrected chi connectivity index (χ3v) is 4.08. The summed E-state index contributed by atoms with van der Waals surface area (Å²) in [5, 5.41) is 8.57. The summed E-state index contributed by atoms with van der Waals surface area (Å²) in [6.45, 7) is 9.59. The molecule has 0 aromatic heterocycles. The van der Waals surface area contributed by atoms with Gasteiger partial charge in [-0.1, -0.05) is 27.2 Å². The molecular formula is C17H30N2O2. The molecule has 0 aliphatic carbocycles. The zero-order chi connectivity index (χ0) is 15.7. The Bertz CT molecular complexity index is 382. The Morgan fingerprint density at radius 1 is 1.33 bits per heavy atom.